The molecule has 128 valence electrons. The Hall–Kier alpha value is -2.64. The summed E-state index contributed by atoms with van der Waals surface area (Å²) >= 11 is 0. The van der Waals surface area contributed by atoms with Crippen molar-refractivity contribution in [3.05, 3.63) is 24.3 Å². The van der Waals surface area contributed by atoms with Gasteiger partial charge in [0.15, 0.2) is 0 Å². The lowest BCUT2D eigenvalue weighted by molar-refractivity contribution is 0.155. The van der Waals surface area contributed by atoms with Crippen LogP contribution < -0.4 is 21.1 Å². The number of hydrogen-bond acceptors (Lipinski definition) is 6. The molecule has 0 fully saturated rings. The predicted molar refractivity (Wildman–Crippen MR) is 85.5 cm³/mol. The van der Waals surface area contributed by atoms with E-state index in [2.05, 4.69) is 4.90 Å². The van der Waals surface area contributed by atoms with E-state index < -0.39 is 12.2 Å². The zero-order valence-corrected chi connectivity index (χ0v) is 13.2. The highest BCUT2D eigenvalue weighted by Crippen LogP contribution is 2.27. The molecule has 0 spiro atoms. The Kier molecular flexibility index (Phi) is 8.12. The van der Waals surface area contributed by atoms with Crippen LogP contribution >= 0.6 is 0 Å². The van der Waals surface area contributed by atoms with Crippen molar-refractivity contribution in [2.24, 2.45) is 11.5 Å². The molecule has 0 aromatic heterocycles. The summed E-state index contributed by atoms with van der Waals surface area (Å²) in [5.41, 5.74) is 10.8. The van der Waals surface area contributed by atoms with Crippen LogP contribution in [0.4, 0.5) is 15.3 Å². The molecule has 0 saturated carbocycles. The summed E-state index contributed by atoms with van der Waals surface area (Å²) in [4.78, 5) is 23.3. The van der Waals surface area contributed by atoms with Crippen molar-refractivity contribution in [2.75, 3.05) is 38.3 Å². The number of carbonyl (C=O) groups is 2. The maximum atomic E-state index is 10.6. The normalized spacial score (nSPS) is 9.96. The van der Waals surface area contributed by atoms with Gasteiger partial charge >= 0.3 is 12.2 Å². The first-order chi connectivity index (χ1) is 11.0. The van der Waals surface area contributed by atoms with E-state index in [4.69, 9.17) is 25.7 Å². The van der Waals surface area contributed by atoms with Gasteiger partial charge in [-0.1, -0.05) is 12.1 Å². The minimum atomic E-state index is -0.788. The van der Waals surface area contributed by atoms with Gasteiger partial charge in [0, 0.05) is 13.1 Å². The van der Waals surface area contributed by atoms with Crippen LogP contribution in [0.5, 0.6) is 5.75 Å². The third-order valence-corrected chi connectivity index (χ3v) is 3.06. The summed E-state index contributed by atoms with van der Waals surface area (Å²) in [6, 6.07) is 7.59. The van der Waals surface area contributed by atoms with Gasteiger partial charge in [-0.05, 0) is 25.0 Å². The van der Waals surface area contributed by atoms with Gasteiger partial charge in [-0.25, -0.2) is 9.59 Å². The van der Waals surface area contributed by atoms with E-state index in [1.807, 2.05) is 24.3 Å². The number of nitrogens with two attached hydrogens (primary N) is 2. The number of anilines is 1. The van der Waals surface area contributed by atoms with E-state index >= 15 is 0 Å². The van der Waals surface area contributed by atoms with Crippen LogP contribution in [-0.2, 0) is 9.47 Å². The van der Waals surface area contributed by atoms with E-state index in [1.165, 1.54) is 0 Å². The molecular weight excluding hydrogens is 302 g/mol. The molecule has 0 bridgehead atoms. The highest BCUT2D eigenvalue weighted by molar-refractivity contribution is 5.64. The van der Waals surface area contributed by atoms with E-state index in [1.54, 1.807) is 7.11 Å². The summed E-state index contributed by atoms with van der Waals surface area (Å²) < 4.78 is 14.8. The van der Waals surface area contributed by atoms with Crippen LogP contribution in [0.2, 0.25) is 0 Å². The number of benzene rings is 1. The lowest BCUT2D eigenvalue weighted by Crippen LogP contribution is -2.29. The van der Waals surface area contributed by atoms with E-state index in [9.17, 15) is 9.59 Å². The maximum absolute atomic E-state index is 10.6. The van der Waals surface area contributed by atoms with Crippen LogP contribution in [0, 0.1) is 0 Å². The Labute approximate surface area is 135 Å². The van der Waals surface area contributed by atoms with Crippen molar-refractivity contribution in [2.45, 2.75) is 12.8 Å². The van der Waals surface area contributed by atoms with Crippen molar-refractivity contribution >= 4 is 17.9 Å². The van der Waals surface area contributed by atoms with Crippen molar-refractivity contribution in [3.63, 3.8) is 0 Å². The van der Waals surface area contributed by atoms with Gasteiger partial charge in [0.05, 0.1) is 26.0 Å². The predicted octanol–water partition coefficient (Wildman–Crippen LogP) is 1.47. The minimum absolute atomic E-state index is 0.235. The third-order valence-electron chi connectivity index (χ3n) is 3.06. The molecule has 0 aliphatic heterocycles. The van der Waals surface area contributed by atoms with Crippen molar-refractivity contribution in [1.29, 1.82) is 0 Å². The van der Waals surface area contributed by atoms with E-state index in [0.717, 1.165) is 11.4 Å². The molecule has 4 N–H and O–H groups in total. The quantitative estimate of drug-likeness (QED) is 0.629. The zero-order valence-electron chi connectivity index (χ0n) is 13.2. The van der Waals surface area contributed by atoms with Crippen LogP contribution in [0.15, 0.2) is 24.3 Å². The van der Waals surface area contributed by atoms with Gasteiger partial charge in [-0.15, -0.1) is 0 Å². The SMILES string of the molecule is COc1ccccc1N(CCCOC(N)=O)CCCOC(N)=O. The number of methoxy groups -OCH3 is 1. The number of carbonyl (C=O) groups excluding carboxylic acids is 2. The second-order valence-corrected chi connectivity index (χ2v) is 4.70. The molecule has 8 nitrogen and oxygen atoms in total. The summed E-state index contributed by atoms with van der Waals surface area (Å²) in [5, 5.41) is 0. The second-order valence-electron chi connectivity index (χ2n) is 4.70. The second kappa shape index (κ2) is 10.1. The summed E-state index contributed by atoms with van der Waals surface area (Å²) in [7, 11) is 1.60. The van der Waals surface area contributed by atoms with Gasteiger partial charge in [-0.2, -0.15) is 0 Å². The number of hydrogen-bond donors (Lipinski definition) is 2. The zero-order chi connectivity index (χ0) is 17.1. The standard InChI is InChI=1S/C15H23N3O5/c1-21-13-7-3-2-6-12(13)18(8-4-10-22-14(16)19)9-5-11-23-15(17)20/h2-3,6-7H,4-5,8-11H2,1H3,(H2,16,19)(H2,17,20). The molecule has 0 aliphatic carbocycles. The maximum Gasteiger partial charge on any atom is 0.404 e. The van der Waals surface area contributed by atoms with Crippen molar-refractivity contribution in [3.8, 4) is 5.75 Å². The lowest BCUT2D eigenvalue weighted by Gasteiger charge is -2.26. The van der Waals surface area contributed by atoms with Crippen LogP contribution in [-0.4, -0.2) is 45.6 Å². The fourth-order valence-corrected chi connectivity index (χ4v) is 2.10. The number of rotatable bonds is 10. The van der Waals surface area contributed by atoms with E-state index in [-0.39, 0.29) is 13.2 Å². The number of nitrogens with zero attached hydrogens (tertiary/aromatic N) is 1. The number of amides is 2. The molecule has 23 heavy (non-hydrogen) atoms. The van der Waals surface area contributed by atoms with Crippen molar-refractivity contribution in [1.82, 2.24) is 0 Å². The summed E-state index contributed by atoms with van der Waals surface area (Å²) in [5.74, 6) is 0.735. The fraction of sp³-hybridized carbons (Fsp3) is 0.467. The van der Waals surface area contributed by atoms with Crippen LogP contribution in [0.25, 0.3) is 0 Å². The third kappa shape index (κ3) is 7.25. The lowest BCUT2D eigenvalue weighted by atomic mass is 10.2. The largest absolute Gasteiger partial charge is 0.495 e. The Morgan fingerprint density at radius 1 is 1.00 bits per heavy atom. The molecule has 0 radical (unpaired) electrons. The molecule has 8 heteroatoms. The Morgan fingerprint density at radius 2 is 1.52 bits per heavy atom. The first-order valence-corrected chi connectivity index (χ1v) is 7.27. The Morgan fingerprint density at radius 3 is 2.00 bits per heavy atom. The minimum Gasteiger partial charge on any atom is -0.495 e. The molecule has 2 amide bonds. The van der Waals surface area contributed by atoms with Gasteiger partial charge < -0.3 is 30.6 Å². The number of ether oxygens (including phenoxy) is 3. The first kappa shape index (κ1) is 18.4. The van der Waals surface area contributed by atoms with Crippen molar-refractivity contribution < 1.29 is 23.8 Å². The summed E-state index contributed by atoms with van der Waals surface area (Å²) in [6.45, 7) is 1.73. The van der Waals surface area contributed by atoms with E-state index in [0.29, 0.717) is 25.9 Å². The molecule has 1 aromatic carbocycles. The smallest absolute Gasteiger partial charge is 0.404 e. The van der Waals surface area contributed by atoms with Gasteiger partial charge in [0.1, 0.15) is 5.75 Å². The topological polar surface area (TPSA) is 117 Å². The molecule has 0 atom stereocenters. The molecule has 1 rings (SSSR count). The van der Waals surface area contributed by atoms with Gasteiger partial charge in [0.25, 0.3) is 0 Å². The molecule has 0 heterocycles. The van der Waals surface area contributed by atoms with Crippen LogP contribution in [0.1, 0.15) is 12.8 Å². The average molecular weight is 325 g/mol. The first-order valence-electron chi connectivity index (χ1n) is 7.27. The Balaban J connectivity index is 2.63. The highest BCUT2D eigenvalue weighted by Gasteiger charge is 2.12. The molecule has 0 saturated heterocycles. The van der Waals surface area contributed by atoms with Crippen LogP contribution in [0.3, 0.4) is 0 Å². The molecule has 1 aromatic rings. The fourth-order valence-electron chi connectivity index (χ4n) is 2.10. The number of primary amides is 2. The monoisotopic (exact) mass is 325 g/mol. The average Bonchev–Trinajstić information content (AvgIpc) is 2.52. The highest BCUT2D eigenvalue weighted by atomic mass is 16.5. The van der Waals surface area contributed by atoms with Gasteiger partial charge in [-0.3, -0.25) is 0 Å². The van der Waals surface area contributed by atoms with Gasteiger partial charge in [0.2, 0.25) is 0 Å². The Bertz CT molecular complexity index is 488. The molecule has 0 aliphatic rings. The molecule has 0 unspecified atom stereocenters. The number of para-hydroxylation sites is 2. The molecular formula is C15H23N3O5. The summed E-state index contributed by atoms with van der Waals surface area (Å²) in [6.07, 6.45) is -0.359.